The molecule has 0 aromatic heterocycles. The van der Waals surface area contributed by atoms with Crippen LogP contribution in [0.1, 0.15) is 23.2 Å². The van der Waals surface area contributed by atoms with Crippen LogP contribution in [0.15, 0.2) is 18.2 Å². The average Bonchev–Trinajstić information content (AvgIpc) is 2.72. The van der Waals surface area contributed by atoms with Gasteiger partial charge in [-0.3, -0.25) is 14.5 Å². The van der Waals surface area contributed by atoms with Crippen molar-refractivity contribution >= 4 is 40.4 Å². The Labute approximate surface area is 128 Å². The third kappa shape index (κ3) is 3.27. The molecule has 1 heterocycles. The molecule has 7 heteroatoms. The molecule has 1 aromatic rings. The van der Waals surface area contributed by atoms with Crippen molar-refractivity contribution in [2.24, 2.45) is 0 Å². The zero-order valence-corrected chi connectivity index (χ0v) is 12.6. The number of carbonyl (C=O) groups is 3. The van der Waals surface area contributed by atoms with E-state index >= 15 is 0 Å². The van der Waals surface area contributed by atoms with E-state index in [0.29, 0.717) is 5.75 Å². The van der Waals surface area contributed by atoms with Crippen LogP contribution in [-0.4, -0.2) is 40.9 Å². The summed E-state index contributed by atoms with van der Waals surface area (Å²) in [5.41, 5.74) is 0.133. The topological polar surface area (TPSA) is 83.9 Å². The maximum Gasteiger partial charge on any atom is 0.335 e. The second kappa shape index (κ2) is 6.21. The molecule has 2 rings (SSSR count). The number of ether oxygens (including phenoxy) is 1. The molecule has 0 spiro atoms. The molecule has 0 atom stereocenters. The van der Waals surface area contributed by atoms with Crippen LogP contribution < -0.4 is 4.74 Å². The molecule has 0 saturated carbocycles. The lowest BCUT2D eigenvalue weighted by molar-refractivity contribution is -0.138. The molecule has 1 fully saturated rings. The van der Waals surface area contributed by atoms with Crippen molar-refractivity contribution < 1.29 is 24.2 Å². The number of imide groups is 1. The van der Waals surface area contributed by atoms with Gasteiger partial charge >= 0.3 is 5.97 Å². The Bertz CT molecular complexity index is 556. The SMILES string of the molecule is O=C(O)c1ccc(I)c(OCCN2C(=O)CCC2=O)c1. The summed E-state index contributed by atoms with van der Waals surface area (Å²) >= 11 is 2.03. The minimum Gasteiger partial charge on any atom is -0.491 e. The number of nitrogens with zero attached hydrogens (tertiary/aromatic N) is 1. The van der Waals surface area contributed by atoms with E-state index in [4.69, 9.17) is 9.84 Å². The number of carbonyl (C=O) groups excluding carboxylic acids is 2. The Morgan fingerprint density at radius 1 is 1.30 bits per heavy atom. The Morgan fingerprint density at radius 2 is 1.95 bits per heavy atom. The first-order valence-electron chi connectivity index (χ1n) is 5.98. The summed E-state index contributed by atoms with van der Waals surface area (Å²) in [5, 5.41) is 8.91. The van der Waals surface area contributed by atoms with Crippen molar-refractivity contribution in [3.63, 3.8) is 0 Å². The smallest absolute Gasteiger partial charge is 0.335 e. The maximum absolute atomic E-state index is 11.4. The second-order valence-corrected chi connectivity index (χ2v) is 5.40. The number of hydrogen-bond donors (Lipinski definition) is 1. The Hall–Kier alpha value is -1.64. The van der Waals surface area contributed by atoms with Gasteiger partial charge in [-0.2, -0.15) is 0 Å². The van der Waals surface area contributed by atoms with Crippen molar-refractivity contribution in [3.05, 3.63) is 27.3 Å². The summed E-state index contributed by atoms with van der Waals surface area (Å²) in [6.45, 7) is 0.335. The average molecular weight is 389 g/mol. The number of carboxylic acids is 1. The molecule has 1 aliphatic heterocycles. The third-order valence-electron chi connectivity index (χ3n) is 2.91. The quantitative estimate of drug-likeness (QED) is 0.610. The van der Waals surface area contributed by atoms with E-state index in [-0.39, 0.29) is 43.4 Å². The van der Waals surface area contributed by atoms with Gasteiger partial charge in [0.15, 0.2) is 0 Å². The van der Waals surface area contributed by atoms with Gasteiger partial charge in [-0.05, 0) is 40.8 Å². The molecule has 0 aliphatic carbocycles. The van der Waals surface area contributed by atoms with Gasteiger partial charge in [0.05, 0.1) is 15.7 Å². The first kappa shape index (κ1) is 14.8. The van der Waals surface area contributed by atoms with E-state index in [2.05, 4.69) is 0 Å². The van der Waals surface area contributed by atoms with Crippen LogP contribution in [0.25, 0.3) is 0 Å². The van der Waals surface area contributed by atoms with Crippen molar-refractivity contribution in [1.82, 2.24) is 4.90 Å². The van der Waals surface area contributed by atoms with Crippen LogP contribution in [0, 0.1) is 3.57 Å². The van der Waals surface area contributed by atoms with Crippen LogP contribution in [0.3, 0.4) is 0 Å². The third-order valence-corrected chi connectivity index (χ3v) is 3.80. The highest BCUT2D eigenvalue weighted by Crippen LogP contribution is 2.22. The molecular weight excluding hydrogens is 377 g/mol. The lowest BCUT2D eigenvalue weighted by Gasteiger charge is -2.15. The molecule has 6 nitrogen and oxygen atoms in total. The first-order chi connectivity index (χ1) is 9.49. The number of likely N-dealkylation sites (tertiary alicyclic amines) is 1. The highest BCUT2D eigenvalue weighted by molar-refractivity contribution is 14.1. The van der Waals surface area contributed by atoms with Crippen LogP contribution in [0.2, 0.25) is 0 Å². The molecule has 0 radical (unpaired) electrons. The molecule has 1 saturated heterocycles. The van der Waals surface area contributed by atoms with Gasteiger partial charge in [-0.1, -0.05) is 0 Å². The number of rotatable bonds is 5. The van der Waals surface area contributed by atoms with Crippen molar-refractivity contribution in [2.75, 3.05) is 13.2 Å². The Balaban J connectivity index is 1.97. The summed E-state index contributed by atoms with van der Waals surface area (Å²) in [6, 6.07) is 4.56. The van der Waals surface area contributed by atoms with Gasteiger partial charge in [0.1, 0.15) is 12.4 Å². The van der Waals surface area contributed by atoms with Crippen LogP contribution >= 0.6 is 22.6 Å². The van der Waals surface area contributed by atoms with Gasteiger partial charge in [0, 0.05) is 12.8 Å². The van der Waals surface area contributed by atoms with Crippen LogP contribution in [0.4, 0.5) is 0 Å². The highest BCUT2D eigenvalue weighted by Gasteiger charge is 2.28. The standard InChI is InChI=1S/C13H12INO5/c14-9-2-1-8(13(18)19)7-10(9)20-6-5-15-11(16)3-4-12(15)17/h1-2,7H,3-6H2,(H,18,19). The molecule has 0 unspecified atom stereocenters. The first-order valence-corrected chi connectivity index (χ1v) is 7.06. The van der Waals surface area contributed by atoms with E-state index in [1.165, 1.54) is 17.0 Å². The number of hydrogen-bond acceptors (Lipinski definition) is 4. The lowest BCUT2D eigenvalue weighted by atomic mass is 10.2. The molecular formula is C13H12INO5. The van der Waals surface area contributed by atoms with E-state index < -0.39 is 5.97 Å². The molecule has 0 bridgehead atoms. The largest absolute Gasteiger partial charge is 0.491 e. The molecule has 20 heavy (non-hydrogen) atoms. The van der Waals surface area contributed by atoms with E-state index in [1.54, 1.807) is 6.07 Å². The number of carboxylic acid groups (broad SMARTS) is 1. The fourth-order valence-corrected chi connectivity index (χ4v) is 2.36. The number of amides is 2. The number of aromatic carboxylic acids is 1. The molecule has 1 N–H and O–H groups in total. The summed E-state index contributed by atoms with van der Waals surface area (Å²) < 4.78 is 6.24. The van der Waals surface area contributed by atoms with Crippen molar-refractivity contribution in [2.45, 2.75) is 12.8 Å². The zero-order valence-electron chi connectivity index (χ0n) is 10.5. The summed E-state index contributed by atoms with van der Waals surface area (Å²) in [6.07, 6.45) is 0.510. The Morgan fingerprint density at radius 3 is 2.55 bits per heavy atom. The van der Waals surface area contributed by atoms with Crippen molar-refractivity contribution in [3.8, 4) is 5.75 Å². The van der Waals surface area contributed by atoms with Gasteiger partial charge < -0.3 is 9.84 Å². The number of halogens is 1. The molecule has 1 aromatic carbocycles. The Kier molecular flexibility index (Phi) is 4.58. The minimum absolute atomic E-state index is 0.133. The predicted octanol–water partition coefficient (Wildman–Crippen LogP) is 1.52. The predicted molar refractivity (Wildman–Crippen MR) is 77.6 cm³/mol. The zero-order chi connectivity index (χ0) is 14.7. The highest BCUT2D eigenvalue weighted by atomic mass is 127. The van der Waals surface area contributed by atoms with E-state index in [9.17, 15) is 14.4 Å². The van der Waals surface area contributed by atoms with Gasteiger partial charge in [0.2, 0.25) is 11.8 Å². The van der Waals surface area contributed by atoms with Gasteiger partial charge in [0.25, 0.3) is 0 Å². The van der Waals surface area contributed by atoms with Gasteiger partial charge in [-0.15, -0.1) is 0 Å². The summed E-state index contributed by atoms with van der Waals surface area (Å²) in [5.74, 6) is -0.971. The summed E-state index contributed by atoms with van der Waals surface area (Å²) in [7, 11) is 0. The monoisotopic (exact) mass is 389 g/mol. The second-order valence-electron chi connectivity index (χ2n) is 4.24. The fraction of sp³-hybridized carbons (Fsp3) is 0.308. The lowest BCUT2D eigenvalue weighted by Crippen LogP contribution is -2.33. The van der Waals surface area contributed by atoms with E-state index in [0.717, 1.165) is 3.57 Å². The minimum atomic E-state index is -1.03. The van der Waals surface area contributed by atoms with Gasteiger partial charge in [-0.25, -0.2) is 4.79 Å². The molecule has 106 valence electrons. The number of benzene rings is 1. The van der Waals surface area contributed by atoms with Crippen LogP contribution in [-0.2, 0) is 9.59 Å². The summed E-state index contributed by atoms with van der Waals surface area (Å²) in [4.78, 5) is 34.9. The fourth-order valence-electron chi connectivity index (χ4n) is 1.87. The maximum atomic E-state index is 11.4. The molecule has 1 aliphatic rings. The van der Waals surface area contributed by atoms with Crippen molar-refractivity contribution in [1.29, 1.82) is 0 Å². The normalized spacial score (nSPS) is 14.8. The van der Waals surface area contributed by atoms with E-state index in [1.807, 2.05) is 22.6 Å². The van der Waals surface area contributed by atoms with Crippen LogP contribution in [0.5, 0.6) is 5.75 Å². The molecule has 2 amide bonds.